The summed E-state index contributed by atoms with van der Waals surface area (Å²) in [6.07, 6.45) is 0.181. The third-order valence-corrected chi connectivity index (χ3v) is 0.710. The molecule has 0 aromatic rings. The summed E-state index contributed by atoms with van der Waals surface area (Å²) in [4.78, 5) is 19.6. The Hall–Kier alpha value is -0.770. The first-order valence-electron chi connectivity index (χ1n) is 2.32. The molecule has 8 heavy (non-hydrogen) atoms. The summed E-state index contributed by atoms with van der Waals surface area (Å²) in [6, 6.07) is 0. The number of carbonyl (C=O) groups excluding carboxylic acids is 1. The Balaban J connectivity index is 3.11. The average molecular weight is 116 g/mol. The molecule has 0 bridgehead atoms. The van der Waals surface area contributed by atoms with Crippen molar-refractivity contribution in [1.29, 1.82) is 0 Å². The van der Waals surface area contributed by atoms with Gasteiger partial charge < -0.3 is 5.73 Å². The number of hydrogen-bond acceptors (Lipinski definition) is 4. The van der Waals surface area contributed by atoms with Gasteiger partial charge in [-0.05, 0) is 0 Å². The zero-order valence-corrected chi connectivity index (χ0v) is 4.46. The monoisotopic (exact) mass is 116 g/mol. The van der Waals surface area contributed by atoms with E-state index >= 15 is 0 Å². The smallest absolute Gasteiger partial charge is 0.148 e. The molecule has 0 heterocycles. The number of hydrogen-bond donors (Lipinski definition) is 1. The highest BCUT2D eigenvalue weighted by atomic mass is 16.3. The normalized spacial score (nSPS) is 8.62. The zero-order valence-electron chi connectivity index (χ0n) is 4.46. The van der Waals surface area contributed by atoms with E-state index < -0.39 is 0 Å². The van der Waals surface area contributed by atoms with Crippen molar-refractivity contribution >= 4 is 5.78 Å². The first-order valence-corrected chi connectivity index (χ1v) is 2.32. The third kappa shape index (κ3) is 3.42. The van der Waals surface area contributed by atoms with Crippen molar-refractivity contribution in [3.8, 4) is 0 Å². The van der Waals surface area contributed by atoms with Crippen LogP contribution in [0.3, 0.4) is 0 Å². The van der Waals surface area contributed by atoms with Crippen LogP contribution in [0, 0.1) is 4.91 Å². The van der Waals surface area contributed by atoms with E-state index in [4.69, 9.17) is 5.73 Å². The molecule has 0 radical (unpaired) electrons. The van der Waals surface area contributed by atoms with Crippen LogP contribution in [0.4, 0.5) is 0 Å². The van der Waals surface area contributed by atoms with Crippen LogP contribution in [0.2, 0.25) is 0 Å². The number of ketones is 1. The number of Topliss-reactive ketones (excluding diaryl/α,β-unsaturated/α-hetero) is 1. The molecular weight excluding hydrogens is 108 g/mol. The van der Waals surface area contributed by atoms with Crippen LogP contribution in [-0.2, 0) is 4.79 Å². The van der Waals surface area contributed by atoms with Gasteiger partial charge in [-0.3, -0.25) is 4.79 Å². The number of nitrogens with zero attached hydrogens (tertiary/aromatic N) is 1. The van der Waals surface area contributed by atoms with Gasteiger partial charge in [0.15, 0.2) is 0 Å². The molecule has 0 fully saturated rings. The summed E-state index contributed by atoms with van der Waals surface area (Å²) >= 11 is 0. The van der Waals surface area contributed by atoms with Gasteiger partial charge in [0.05, 0.1) is 13.1 Å². The van der Waals surface area contributed by atoms with Crippen molar-refractivity contribution < 1.29 is 4.79 Å². The van der Waals surface area contributed by atoms with Gasteiger partial charge in [0, 0.05) is 6.42 Å². The minimum absolute atomic E-state index is 0.00944. The molecule has 0 aliphatic rings. The average Bonchev–Trinajstić information content (AvgIpc) is 1.83. The molecule has 0 unspecified atom stereocenters. The van der Waals surface area contributed by atoms with Crippen molar-refractivity contribution in [2.24, 2.45) is 10.9 Å². The number of carbonyl (C=O) groups is 1. The van der Waals surface area contributed by atoms with Crippen LogP contribution in [0.5, 0.6) is 0 Å². The first kappa shape index (κ1) is 7.23. The third-order valence-electron chi connectivity index (χ3n) is 0.710. The van der Waals surface area contributed by atoms with Crippen LogP contribution < -0.4 is 5.73 Å². The van der Waals surface area contributed by atoms with E-state index in [9.17, 15) is 9.70 Å². The van der Waals surface area contributed by atoms with Crippen LogP contribution in [0.25, 0.3) is 0 Å². The Bertz CT molecular complexity index is 92.0. The minimum atomic E-state index is -0.121. The molecule has 46 valence electrons. The predicted octanol–water partition coefficient (Wildman–Crippen LogP) is -0.329. The SMILES string of the molecule is NCC(=O)CCN=O. The Morgan fingerprint density at radius 2 is 2.25 bits per heavy atom. The molecule has 0 aliphatic heterocycles. The van der Waals surface area contributed by atoms with Gasteiger partial charge in [0.1, 0.15) is 5.78 Å². The number of nitrogens with two attached hydrogens (primary N) is 1. The van der Waals surface area contributed by atoms with E-state index in [1.54, 1.807) is 0 Å². The summed E-state index contributed by atoms with van der Waals surface area (Å²) in [5, 5.41) is 2.50. The quantitative estimate of drug-likeness (QED) is 0.511. The number of rotatable bonds is 4. The molecule has 0 amide bonds. The second kappa shape index (κ2) is 4.39. The molecule has 0 atom stereocenters. The standard InChI is InChI=1S/C4H8N2O2/c5-3-4(7)1-2-6-8/h1-3,5H2. The number of nitroso groups, excluding NO2 is 1. The van der Waals surface area contributed by atoms with Gasteiger partial charge in [0.2, 0.25) is 0 Å². The maximum atomic E-state index is 10.2. The van der Waals surface area contributed by atoms with Crippen LogP contribution in [-0.4, -0.2) is 18.9 Å². The van der Waals surface area contributed by atoms with Crippen molar-refractivity contribution in [3.05, 3.63) is 4.91 Å². The molecule has 0 saturated heterocycles. The second-order valence-corrected chi connectivity index (χ2v) is 1.35. The zero-order chi connectivity index (χ0) is 6.41. The Morgan fingerprint density at radius 1 is 1.62 bits per heavy atom. The van der Waals surface area contributed by atoms with E-state index in [2.05, 4.69) is 5.18 Å². The summed E-state index contributed by atoms with van der Waals surface area (Å²) in [5.74, 6) is -0.121. The fourth-order valence-corrected chi connectivity index (χ4v) is 0.272. The summed E-state index contributed by atoms with van der Waals surface area (Å²) in [7, 11) is 0. The molecular formula is C4H8N2O2. The lowest BCUT2D eigenvalue weighted by atomic mass is 10.3. The van der Waals surface area contributed by atoms with Crippen molar-refractivity contribution in [1.82, 2.24) is 0 Å². The van der Waals surface area contributed by atoms with Gasteiger partial charge in [-0.1, -0.05) is 5.18 Å². The van der Waals surface area contributed by atoms with Crippen molar-refractivity contribution in [3.63, 3.8) is 0 Å². The van der Waals surface area contributed by atoms with Gasteiger partial charge in [-0.2, -0.15) is 4.91 Å². The highest BCUT2D eigenvalue weighted by molar-refractivity contribution is 5.80. The fourth-order valence-electron chi connectivity index (χ4n) is 0.272. The fraction of sp³-hybridized carbons (Fsp3) is 0.750. The molecule has 4 heteroatoms. The van der Waals surface area contributed by atoms with Gasteiger partial charge in [-0.25, -0.2) is 0 Å². The maximum Gasteiger partial charge on any atom is 0.148 e. The summed E-state index contributed by atoms with van der Waals surface area (Å²) < 4.78 is 0. The molecule has 0 rings (SSSR count). The Kier molecular flexibility index (Phi) is 3.97. The van der Waals surface area contributed by atoms with E-state index in [1.807, 2.05) is 0 Å². The molecule has 0 saturated carbocycles. The lowest BCUT2D eigenvalue weighted by molar-refractivity contribution is -0.117. The lowest BCUT2D eigenvalue weighted by Gasteiger charge is -1.86. The maximum absolute atomic E-state index is 10.2. The van der Waals surface area contributed by atoms with Gasteiger partial charge >= 0.3 is 0 Å². The minimum Gasteiger partial charge on any atom is -0.324 e. The van der Waals surface area contributed by atoms with Gasteiger partial charge in [0.25, 0.3) is 0 Å². The highest BCUT2D eigenvalue weighted by Crippen LogP contribution is 1.79. The topological polar surface area (TPSA) is 72.5 Å². The molecule has 4 nitrogen and oxygen atoms in total. The summed E-state index contributed by atoms with van der Waals surface area (Å²) in [6.45, 7) is 0.0611. The predicted molar refractivity (Wildman–Crippen MR) is 29.3 cm³/mol. The van der Waals surface area contributed by atoms with Crippen LogP contribution in [0.15, 0.2) is 5.18 Å². The Morgan fingerprint density at radius 3 is 2.62 bits per heavy atom. The van der Waals surface area contributed by atoms with Crippen molar-refractivity contribution in [2.75, 3.05) is 13.1 Å². The van der Waals surface area contributed by atoms with Crippen molar-refractivity contribution in [2.45, 2.75) is 6.42 Å². The second-order valence-electron chi connectivity index (χ2n) is 1.35. The molecule has 0 spiro atoms. The van der Waals surface area contributed by atoms with E-state index in [1.165, 1.54) is 0 Å². The first-order chi connectivity index (χ1) is 3.81. The highest BCUT2D eigenvalue weighted by Gasteiger charge is 1.95. The van der Waals surface area contributed by atoms with E-state index in [0.29, 0.717) is 0 Å². The van der Waals surface area contributed by atoms with E-state index in [0.717, 1.165) is 0 Å². The molecule has 2 N–H and O–H groups in total. The molecule has 0 aliphatic carbocycles. The Labute approximate surface area is 47.0 Å². The summed E-state index contributed by atoms with van der Waals surface area (Å²) in [5.41, 5.74) is 4.92. The van der Waals surface area contributed by atoms with Gasteiger partial charge in [-0.15, -0.1) is 0 Å². The largest absolute Gasteiger partial charge is 0.324 e. The van der Waals surface area contributed by atoms with E-state index in [-0.39, 0.29) is 25.3 Å². The molecule has 0 aromatic heterocycles. The van der Waals surface area contributed by atoms with Crippen LogP contribution >= 0.6 is 0 Å². The lowest BCUT2D eigenvalue weighted by Crippen LogP contribution is -2.13. The molecule has 0 aromatic carbocycles. The van der Waals surface area contributed by atoms with Crippen LogP contribution in [0.1, 0.15) is 6.42 Å².